The third-order valence-electron chi connectivity index (χ3n) is 2.66. The van der Waals surface area contributed by atoms with E-state index in [2.05, 4.69) is 11.5 Å². The van der Waals surface area contributed by atoms with Gasteiger partial charge in [-0.3, -0.25) is 4.98 Å². The van der Waals surface area contributed by atoms with Crippen molar-refractivity contribution >= 4 is 8.72 Å². The zero-order valence-electron chi connectivity index (χ0n) is 9.64. The first-order valence-electron chi connectivity index (χ1n) is 5.75. The number of hydrogen-bond acceptors (Lipinski definition) is 3. The van der Waals surface area contributed by atoms with E-state index in [0.29, 0.717) is 6.04 Å². The average molecular weight is 217 g/mol. The third kappa shape index (κ3) is 3.69. The van der Waals surface area contributed by atoms with Crippen molar-refractivity contribution in [2.75, 3.05) is 13.2 Å². The van der Waals surface area contributed by atoms with Crippen molar-refractivity contribution in [2.45, 2.75) is 52.1 Å². The van der Waals surface area contributed by atoms with Crippen molar-refractivity contribution in [1.29, 1.82) is 0 Å². The molecule has 0 heterocycles. The van der Waals surface area contributed by atoms with Gasteiger partial charge >= 0.3 is 8.72 Å². The van der Waals surface area contributed by atoms with E-state index in [1.807, 2.05) is 13.8 Å². The van der Waals surface area contributed by atoms with Gasteiger partial charge in [-0.15, -0.1) is 0 Å². The highest BCUT2D eigenvalue weighted by Gasteiger charge is 2.34. The fourth-order valence-corrected chi connectivity index (χ4v) is 4.50. The van der Waals surface area contributed by atoms with Gasteiger partial charge in [0.15, 0.2) is 0 Å². The Kier molecular flexibility index (Phi) is 5.09. The standard InChI is InChI=1S/C10H23NO2Si/c1-4-12-14(3,13-5-2)11-10-8-6-7-9-10/h10-11H,4-9H2,1-3H3. The highest BCUT2D eigenvalue weighted by Crippen LogP contribution is 2.20. The van der Waals surface area contributed by atoms with Gasteiger partial charge < -0.3 is 8.85 Å². The second-order valence-electron chi connectivity index (χ2n) is 3.94. The van der Waals surface area contributed by atoms with Crippen LogP contribution in [0.25, 0.3) is 0 Å². The summed E-state index contributed by atoms with van der Waals surface area (Å²) in [7, 11) is -2.06. The molecule has 0 atom stereocenters. The topological polar surface area (TPSA) is 30.5 Å². The van der Waals surface area contributed by atoms with E-state index in [1.54, 1.807) is 0 Å². The van der Waals surface area contributed by atoms with Crippen LogP contribution in [0.5, 0.6) is 0 Å². The molecule has 0 aromatic carbocycles. The van der Waals surface area contributed by atoms with Gasteiger partial charge in [0.05, 0.1) is 0 Å². The first-order chi connectivity index (χ1) is 6.70. The predicted molar refractivity (Wildman–Crippen MR) is 60.3 cm³/mol. The van der Waals surface area contributed by atoms with Crippen LogP contribution in [-0.4, -0.2) is 28.0 Å². The summed E-state index contributed by atoms with van der Waals surface area (Å²) in [5.41, 5.74) is 0. The molecule has 0 amide bonds. The number of rotatable bonds is 6. The number of nitrogens with one attached hydrogen (secondary N) is 1. The molecule has 1 aliphatic rings. The molecule has 1 fully saturated rings. The molecule has 0 aromatic rings. The Labute approximate surface area is 88.5 Å². The summed E-state index contributed by atoms with van der Waals surface area (Å²) < 4.78 is 11.5. The minimum atomic E-state index is -2.06. The molecule has 0 spiro atoms. The Hall–Kier alpha value is 0.0969. The summed E-state index contributed by atoms with van der Waals surface area (Å²) in [4.78, 5) is 3.59. The van der Waals surface area contributed by atoms with E-state index in [9.17, 15) is 0 Å². The Morgan fingerprint density at radius 3 is 2.07 bits per heavy atom. The summed E-state index contributed by atoms with van der Waals surface area (Å²) >= 11 is 0. The molecule has 0 radical (unpaired) electrons. The average Bonchev–Trinajstić information content (AvgIpc) is 2.57. The molecular formula is C10H23NO2Si. The molecule has 3 nitrogen and oxygen atoms in total. The van der Waals surface area contributed by atoms with Crippen molar-refractivity contribution in [3.8, 4) is 0 Å². The van der Waals surface area contributed by atoms with E-state index in [1.165, 1.54) is 25.7 Å². The molecule has 0 unspecified atom stereocenters. The van der Waals surface area contributed by atoms with Crippen LogP contribution in [-0.2, 0) is 8.85 Å². The van der Waals surface area contributed by atoms with Crippen LogP contribution in [0.15, 0.2) is 0 Å². The molecule has 0 saturated heterocycles. The Morgan fingerprint density at radius 1 is 1.14 bits per heavy atom. The van der Waals surface area contributed by atoms with Gasteiger partial charge in [-0.05, 0) is 33.2 Å². The minimum Gasteiger partial charge on any atom is -0.383 e. The van der Waals surface area contributed by atoms with Gasteiger partial charge in [0.1, 0.15) is 0 Å². The Balaban J connectivity index is 2.39. The molecular weight excluding hydrogens is 194 g/mol. The van der Waals surface area contributed by atoms with Crippen molar-refractivity contribution in [3.63, 3.8) is 0 Å². The monoisotopic (exact) mass is 217 g/mol. The van der Waals surface area contributed by atoms with Crippen LogP contribution >= 0.6 is 0 Å². The van der Waals surface area contributed by atoms with Crippen molar-refractivity contribution in [2.24, 2.45) is 0 Å². The largest absolute Gasteiger partial charge is 0.422 e. The summed E-state index contributed by atoms with van der Waals surface area (Å²) in [5.74, 6) is 0. The van der Waals surface area contributed by atoms with E-state index >= 15 is 0 Å². The molecule has 0 aromatic heterocycles. The maximum Gasteiger partial charge on any atom is 0.422 e. The van der Waals surface area contributed by atoms with Crippen molar-refractivity contribution in [1.82, 2.24) is 4.98 Å². The Morgan fingerprint density at radius 2 is 1.64 bits per heavy atom. The zero-order valence-corrected chi connectivity index (χ0v) is 10.6. The molecule has 0 bridgehead atoms. The van der Waals surface area contributed by atoms with Gasteiger partial charge in [-0.1, -0.05) is 12.8 Å². The fourth-order valence-electron chi connectivity index (χ4n) is 2.12. The van der Waals surface area contributed by atoms with Gasteiger partial charge in [0, 0.05) is 19.3 Å². The zero-order chi connectivity index (χ0) is 10.4. The lowest BCUT2D eigenvalue weighted by atomic mass is 10.3. The molecule has 1 saturated carbocycles. The molecule has 1 rings (SSSR count). The number of hydrogen-bond donors (Lipinski definition) is 1. The summed E-state index contributed by atoms with van der Waals surface area (Å²) in [5, 5.41) is 0. The summed E-state index contributed by atoms with van der Waals surface area (Å²) in [6, 6.07) is 0.629. The highest BCUT2D eigenvalue weighted by molar-refractivity contribution is 6.63. The van der Waals surface area contributed by atoms with E-state index < -0.39 is 8.72 Å². The first kappa shape index (κ1) is 12.2. The van der Waals surface area contributed by atoms with Crippen molar-refractivity contribution in [3.05, 3.63) is 0 Å². The predicted octanol–water partition coefficient (Wildman–Crippen LogP) is 2.16. The highest BCUT2D eigenvalue weighted by atomic mass is 28.4. The van der Waals surface area contributed by atoms with Crippen LogP contribution in [0.1, 0.15) is 39.5 Å². The van der Waals surface area contributed by atoms with E-state index in [-0.39, 0.29) is 0 Å². The van der Waals surface area contributed by atoms with Gasteiger partial charge in [0.2, 0.25) is 0 Å². The van der Waals surface area contributed by atoms with E-state index in [0.717, 1.165) is 13.2 Å². The van der Waals surface area contributed by atoms with Crippen LogP contribution in [0, 0.1) is 0 Å². The normalized spacial score (nSPS) is 19.1. The van der Waals surface area contributed by atoms with Crippen molar-refractivity contribution < 1.29 is 8.85 Å². The second kappa shape index (κ2) is 5.85. The van der Waals surface area contributed by atoms with Crippen LogP contribution in [0.3, 0.4) is 0 Å². The SMILES string of the molecule is CCO[Si](C)(NC1CCCC1)OCC. The second-order valence-corrected chi connectivity index (χ2v) is 6.69. The lowest BCUT2D eigenvalue weighted by Gasteiger charge is -2.29. The third-order valence-corrected chi connectivity index (χ3v) is 5.27. The summed E-state index contributed by atoms with van der Waals surface area (Å²) in [6.45, 7) is 7.64. The molecule has 14 heavy (non-hydrogen) atoms. The quantitative estimate of drug-likeness (QED) is 0.692. The fraction of sp³-hybridized carbons (Fsp3) is 1.00. The van der Waals surface area contributed by atoms with Crippen LogP contribution < -0.4 is 4.98 Å². The Bertz CT molecular complexity index is 154. The van der Waals surface area contributed by atoms with Crippen LogP contribution in [0.4, 0.5) is 0 Å². The summed E-state index contributed by atoms with van der Waals surface area (Å²) in [6.07, 6.45) is 5.26. The van der Waals surface area contributed by atoms with Gasteiger partial charge in [-0.25, -0.2) is 0 Å². The molecule has 84 valence electrons. The van der Waals surface area contributed by atoms with Gasteiger partial charge in [0.25, 0.3) is 0 Å². The maximum atomic E-state index is 5.74. The molecule has 1 N–H and O–H groups in total. The lowest BCUT2D eigenvalue weighted by Crippen LogP contribution is -2.57. The molecule has 1 aliphatic carbocycles. The smallest absolute Gasteiger partial charge is 0.383 e. The maximum absolute atomic E-state index is 5.74. The minimum absolute atomic E-state index is 0.629. The molecule has 4 heteroatoms. The van der Waals surface area contributed by atoms with Gasteiger partial charge in [-0.2, -0.15) is 0 Å². The van der Waals surface area contributed by atoms with Crippen LogP contribution in [0.2, 0.25) is 6.55 Å². The van der Waals surface area contributed by atoms with E-state index in [4.69, 9.17) is 8.85 Å². The first-order valence-corrected chi connectivity index (χ1v) is 8.07. The molecule has 0 aliphatic heterocycles. The lowest BCUT2D eigenvalue weighted by molar-refractivity contribution is 0.173.